The number of hydrogen-bond donors (Lipinski definition) is 1. The molecule has 0 radical (unpaired) electrons. The highest BCUT2D eigenvalue weighted by molar-refractivity contribution is 7.87. The molecule has 98 valence electrons. The maximum atomic E-state index is 12.2. The van der Waals surface area contributed by atoms with Crippen molar-refractivity contribution in [1.82, 2.24) is 0 Å². The fourth-order valence-electron chi connectivity index (χ4n) is 2.94. The van der Waals surface area contributed by atoms with Crippen LogP contribution in [0.2, 0.25) is 0 Å². The molecule has 1 saturated carbocycles. The van der Waals surface area contributed by atoms with Crippen LogP contribution in [0.5, 0.6) is 0 Å². The third kappa shape index (κ3) is 2.71. The van der Waals surface area contributed by atoms with Gasteiger partial charge in [0.1, 0.15) is 5.25 Å². The van der Waals surface area contributed by atoms with Gasteiger partial charge in [0.25, 0.3) is 0 Å². The van der Waals surface area contributed by atoms with Crippen LogP contribution in [0.25, 0.3) is 0 Å². The molecule has 2 fully saturated rings. The van der Waals surface area contributed by atoms with Crippen molar-refractivity contribution in [3.8, 4) is 0 Å². The van der Waals surface area contributed by atoms with Gasteiger partial charge in [-0.3, -0.25) is 9.00 Å². The summed E-state index contributed by atoms with van der Waals surface area (Å²) in [5, 5.41) is 8.14. The Labute approximate surface area is 104 Å². The van der Waals surface area contributed by atoms with Crippen molar-refractivity contribution >= 4 is 16.8 Å². The zero-order chi connectivity index (χ0) is 12.5. The van der Waals surface area contributed by atoms with Crippen molar-refractivity contribution in [2.24, 2.45) is 0 Å². The Morgan fingerprint density at radius 1 is 1.47 bits per heavy atom. The molecule has 1 N–H and O–H groups in total. The van der Waals surface area contributed by atoms with Gasteiger partial charge in [0.05, 0.1) is 5.60 Å². The largest absolute Gasteiger partial charge is 0.480 e. The number of ether oxygens (including phenoxy) is 1. The van der Waals surface area contributed by atoms with E-state index in [1.165, 1.54) is 19.8 Å². The van der Waals surface area contributed by atoms with E-state index < -0.39 is 22.0 Å². The molecule has 4 nitrogen and oxygen atoms in total. The summed E-state index contributed by atoms with van der Waals surface area (Å²) in [4.78, 5) is 10.9. The predicted octanol–water partition coefficient (Wildman–Crippen LogP) is 1.70. The molecule has 3 unspecified atom stereocenters. The molecule has 1 spiro atoms. The topological polar surface area (TPSA) is 63.6 Å². The second-order valence-corrected chi connectivity index (χ2v) is 7.19. The fourth-order valence-corrected chi connectivity index (χ4v) is 4.51. The first-order chi connectivity index (χ1) is 8.04. The average Bonchev–Trinajstić information content (AvgIpc) is 2.75. The number of carboxylic acids is 1. The van der Waals surface area contributed by atoms with Crippen molar-refractivity contribution in [3.05, 3.63) is 0 Å². The number of rotatable bonds is 3. The molecule has 5 heteroatoms. The van der Waals surface area contributed by atoms with Crippen LogP contribution < -0.4 is 0 Å². The first kappa shape index (κ1) is 13.0. The third-order valence-corrected chi connectivity index (χ3v) is 5.95. The highest BCUT2D eigenvalue weighted by Gasteiger charge is 2.42. The quantitative estimate of drug-likeness (QED) is 0.839. The van der Waals surface area contributed by atoms with E-state index in [9.17, 15) is 9.00 Å². The molecule has 2 rings (SSSR count). The second-order valence-electron chi connectivity index (χ2n) is 5.16. The van der Waals surface area contributed by atoms with Gasteiger partial charge >= 0.3 is 5.97 Å². The number of aliphatic carboxylic acids is 1. The Morgan fingerprint density at radius 3 is 2.71 bits per heavy atom. The van der Waals surface area contributed by atoms with Gasteiger partial charge in [-0.2, -0.15) is 0 Å². The molecule has 2 aliphatic rings. The van der Waals surface area contributed by atoms with Gasteiger partial charge in [-0.15, -0.1) is 0 Å². The first-order valence-corrected chi connectivity index (χ1v) is 7.58. The van der Waals surface area contributed by atoms with Gasteiger partial charge in [-0.05, 0) is 32.6 Å². The number of carboxylic acid groups (broad SMARTS) is 1. The third-order valence-electron chi connectivity index (χ3n) is 3.99. The summed E-state index contributed by atoms with van der Waals surface area (Å²) >= 11 is 0. The van der Waals surface area contributed by atoms with Crippen LogP contribution in [0.15, 0.2) is 0 Å². The van der Waals surface area contributed by atoms with Crippen molar-refractivity contribution in [2.45, 2.75) is 61.5 Å². The minimum absolute atomic E-state index is 0.00653. The Hall–Kier alpha value is -0.420. The van der Waals surface area contributed by atoms with Gasteiger partial charge < -0.3 is 9.84 Å². The maximum absolute atomic E-state index is 12.2. The summed E-state index contributed by atoms with van der Waals surface area (Å²) in [5.74, 6) is -0.963. The molecule has 1 aliphatic carbocycles. The molecule has 1 heterocycles. The molecule has 3 atom stereocenters. The van der Waals surface area contributed by atoms with Crippen LogP contribution in [0.3, 0.4) is 0 Å². The molecule has 0 amide bonds. The van der Waals surface area contributed by atoms with Crippen LogP contribution in [0.4, 0.5) is 0 Å². The Morgan fingerprint density at radius 2 is 2.12 bits per heavy atom. The number of carbonyl (C=O) groups is 1. The van der Waals surface area contributed by atoms with E-state index in [0.29, 0.717) is 6.61 Å². The summed E-state index contributed by atoms with van der Waals surface area (Å²) in [6.07, 6.45) is 5.94. The predicted molar refractivity (Wildman–Crippen MR) is 65.4 cm³/mol. The molecule has 0 aromatic carbocycles. The lowest BCUT2D eigenvalue weighted by Crippen LogP contribution is -2.43. The van der Waals surface area contributed by atoms with Crippen LogP contribution in [-0.4, -0.2) is 38.0 Å². The van der Waals surface area contributed by atoms with Gasteiger partial charge in [0.2, 0.25) is 0 Å². The van der Waals surface area contributed by atoms with Crippen LogP contribution in [0, 0.1) is 0 Å². The highest BCUT2D eigenvalue weighted by atomic mass is 32.2. The highest BCUT2D eigenvalue weighted by Crippen LogP contribution is 2.41. The van der Waals surface area contributed by atoms with E-state index in [0.717, 1.165) is 25.7 Å². The zero-order valence-electron chi connectivity index (χ0n) is 10.2. The van der Waals surface area contributed by atoms with E-state index in [2.05, 4.69) is 0 Å². The molecule has 0 aromatic heterocycles. The monoisotopic (exact) mass is 260 g/mol. The smallest absolute Gasteiger partial charge is 0.318 e. The van der Waals surface area contributed by atoms with E-state index in [1.807, 2.05) is 0 Å². The lowest BCUT2D eigenvalue weighted by atomic mass is 9.92. The van der Waals surface area contributed by atoms with Gasteiger partial charge in [-0.25, -0.2) is 0 Å². The van der Waals surface area contributed by atoms with Crippen molar-refractivity contribution in [3.63, 3.8) is 0 Å². The normalized spacial score (nSPS) is 31.2. The summed E-state index contributed by atoms with van der Waals surface area (Å²) in [5.41, 5.74) is -0.0865. The number of hydrogen-bond acceptors (Lipinski definition) is 3. The fraction of sp³-hybridized carbons (Fsp3) is 0.917. The zero-order valence-corrected chi connectivity index (χ0v) is 11.0. The Balaban J connectivity index is 2.02. The molecule has 1 aliphatic heterocycles. The van der Waals surface area contributed by atoms with Crippen molar-refractivity contribution in [1.29, 1.82) is 0 Å². The summed E-state index contributed by atoms with van der Waals surface area (Å²) in [6, 6.07) is 0. The molecule has 0 aromatic rings. The lowest BCUT2D eigenvalue weighted by Gasteiger charge is -2.38. The summed E-state index contributed by atoms with van der Waals surface area (Å²) < 4.78 is 18.0. The molecule has 17 heavy (non-hydrogen) atoms. The standard InChI is InChI=1S/C12H20O4S/c1-9(11(13)14)17(15)10-4-7-16-12(8-10)5-2-3-6-12/h9-10H,2-8H2,1H3,(H,13,14). The average molecular weight is 260 g/mol. The Bertz CT molecular complexity index is 322. The minimum Gasteiger partial charge on any atom is -0.480 e. The van der Waals surface area contributed by atoms with Crippen molar-refractivity contribution < 1.29 is 18.8 Å². The van der Waals surface area contributed by atoms with Gasteiger partial charge in [0.15, 0.2) is 0 Å². The lowest BCUT2D eigenvalue weighted by molar-refractivity contribution is -0.136. The SMILES string of the molecule is CC(C(=O)O)S(=O)C1CCOC2(CCCC2)C1. The molecule has 1 saturated heterocycles. The van der Waals surface area contributed by atoms with Crippen LogP contribution >= 0.6 is 0 Å². The van der Waals surface area contributed by atoms with E-state index in [4.69, 9.17) is 9.84 Å². The summed E-state index contributed by atoms with van der Waals surface area (Å²) in [6.45, 7) is 2.16. The van der Waals surface area contributed by atoms with Gasteiger partial charge in [0, 0.05) is 22.7 Å². The van der Waals surface area contributed by atoms with Crippen LogP contribution in [0.1, 0.15) is 45.4 Å². The molecular weight excluding hydrogens is 240 g/mol. The molecular formula is C12H20O4S. The van der Waals surface area contributed by atoms with E-state index >= 15 is 0 Å². The van der Waals surface area contributed by atoms with Crippen molar-refractivity contribution in [2.75, 3.05) is 6.61 Å². The van der Waals surface area contributed by atoms with E-state index in [1.54, 1.807) is 0 Å². The maximum Gasteiger partial charge on any atom is 0.318 e. The minimum atomic E-state index is -1.28. The molecule has 0 bridgehead atoms. The van der Waals surface area contributed by atoms with Crippen LogP contribution in [-0.2, 0) is 20.3 Å². The second kappa shape index (κ2) is 5.06. The van der Waals surface area contributed by atoms with E-state index in [-0.39, 0.29) is 10.9 Å². The Kier molecular flexibility index (Phi) is 3.88. The summed E-state index contributed by atoms with van der Waals surface area (Å²) in [7, 11) is -1.28. The first-order valence-electron chi connectivity index (χ1n) is 6.30. The van der Waals surface area contributed by atoms with Gasteiger partial charge in [-0.1, -0.05) is 12.8 Å².